The normalized spacial score (nSPS) is 12.1. The van der Waals surface area contributed by atoms with Crippen molar-refractivity contribution in [1.29, 1.82) is 0 Å². The predicted octanol–water partition coefficient (Wildman–Crippen LogP) is 1.91. The third-order valence-electron chi connectivity index (χ3n) is 2.53. The monoisotopic (exact) mass is 245 g/mol. The molecule has 0 saturated heterocycles. The van der Waals surface area contributed by atoms with E-state index in [0.29, 0.717) is 5.56 Å². The molecule has 0 aliphatic heterocycles. The number of ether oxygens (including phenoxy) is 1. The molecule has 2 aromatic rings. The average molecular weight is 245 g/mol. The Morgan fingerprint density at radius 2 is 2.33 bits per heavy atom. The van der Waals surface area contributed by atoms with Gasteiger partial charge in [-0.05, 0) is 25.1 Å². The maximum Gasteiger partial charge on any atom is 0.339 e. The van der Waals surface area contributed by atoms with Gasteiger partial charge >= 0.3 is 5.97 Å². The summed E-state index contributed by atoms with van der Waals surface area (Å²) in [6, 6.07) is 5.27. The third kappa shape index (κ3) is 3.41. The van der Waals surface area contributed by atoms with E-state index in [1.165, 1.54) is 6.20 Å². The second-order valence-electron chi connectivity index (χ2n) is 4.02. The summed E-state index contributed by atoms with van der Waals surface area (Å²) in [6.45, 7) is 2.60. The molecule has 0 aromatic carbocycles. The minimum atomic E-state index is -0.337. The Morgan fingerprint density at radius 1 is 1.44 bits per heavy atom. The second-order valence-corrected chi connectivity index (χ2v) is 4.02. The first-order chi connectivity index (χ1) is 8.75. The molecule has 5 heteroatoms. The fraction of sp³-hybridized carbons (Fsp3) is 0.308. The van der Waals surface area contributed by atoms with Crippen molar-refractivity contribution in [3.63, 3.8) is 0 Å². The molecule has 0 unspecified atom stereocenters. The van der Waals surface area contributed by atoms with Crippen molar-refractivity contribution < 1.29 is 9.53 Å². The highest BCUT2D eigenvalue weighted by Crippen LogP contribution is 2.05. The number of nitrogens with zero attached hydrogens (tertiary/aromatic N) is 3. The largest absolute Gasteiger partial charge is 0.459 e. The zero-order valence-corrected chi connectivity index (χ0v) is 10.2. The zero-order valence-electron chi connectivity index (χ0n) is 10.2. The Hall–Kier alpha value is -2.17. The SMILES string of the molecule is C[C@@H](CCn1cccn1)OC(=O)c1cccnc1. The van der Waals surface area contributed by atoms with Gasteiger partial charge in [0.1, 0.15) is 6.10 Å². The van der Waals surface area contributed by atoms with E-state index in [0.717, 1.165) is 13.0 Å². The molecule has 0 radical (unpaired) electrons. The summed E-state index contributed by atoms with van der Waals surface area (Å²) in [4.78, 5) is 15.6. The lowest BCUT2D eigenvalue weighted by atomic mass is 10.2. The molecule has 18 heavy (non-hydrogen) atoms. The van der Waals surface area contributed by atoms with Crippen LogP contribution in [0.1, 0.15) is 23.7 Å². The van der Waals surface area contributed by atoms with Gasteiger partial charge in [-0.3, -0.25) is 9.67 Å². The molecular weight excluding hydrogens is 230 g/mol. The van der Waals surface area contributed by atoms with Crippen LogP contribution in [0, 0.1) is 0 Å². The first kappa shape index (κ1) is 12.3. The molecule has 2 aromatic heterocycles. The van der Waals surface area contributed by atoms with Crippen LogP contribution >= 0.6 is 0 Å². The summed E-state index contributed by atoms with van der Waals surface area (Å²) >= 11 is 0. The van der Waals surface area contributed by atoms with Gasteiger partial charge in [-0.25, -0.2) is 4.79 Å². The molecule has 0 N–H and O–H groups in total. The first-order valence-corrected chi connectivity index (χ1v) is 5.84. The Balaban J connectivity index is 1.80. The predicted molar refractivity (Wildman–Crippen MR) is 66.0 cm³/mol. The fourth-order valence-electron chi connectivity index (χ4n) is 1.54. The Labute approximate surface area is 105 Å². The molecule has 0 aliphatic carbocycles. The lowest BCUT2D eigenvalue weighted by Gasteiger charge is -2.13. The number of pyridine rings is 1. The van der Waals surface area contributed by atoms with E-state index >= 15 is 0 Å². The lowest BCUT2D eigenvalue weighted by molar-refractivity contribution is 0.0313. The van der Waals surface area contributed by atoms with Crippen molar-refractivity contribution in [2.45, 2.75) is 26.0 Å². The number of aryl methyl sites for hydroxylation is 1. The summed E-state index contributed by atoms with van der Waals surface area (Å²) in [7, 11) is 0. The van der Waals surface area contributed by atoms with E-state index in [1.54, 1.807) is 24.5 Å². The molecule has 0 amide bonds. The van der Waals surface area contributed by atoms with E-state index in [2.05, 4.69) is 10.1 Å². The molecule has 5 nitrogen and oxygen atoms in total. The van der Waals surface area contributed by atoms with Crippen LogP contribution < -0.4 is 0 Å². The van der Waals surface area contributed by atoms with Gasteiger partial charge in [0, 0.05) is 37.8 Å². The van der Waals surface area contributed by atoms with Crippen LogP contribution in [0.5, 0.6) is 0 Å². The number of hydrogen-bond donors (Lipinski definition) is 0. The molecule has 94 valence electrons. The van der Waals surface area contributed by atoms with E-state index in [-0.39, 0.29) is 12.1 Å². The van der Waals surface area contributed by atoms with E-state index in [4.69, 9.17) is 4.74 Å². The van der Waals surface area contributed by atoms with Gasteiger partial charge in [0.15, 0.2) is 0 Å². The van der Waals surface area contributed by atoms with Gasteiger partial charge in [-0.15, -0.1) is 0 Å². The minimum Gasteiger partial charge on any atom is -0.459 e. The molecule has 0 spiro atoms. The smallest absolute Gasteiger partial charge is 0.339 e. The number of hydrogen-bond acceptors (Lipinski definition) is 4. The van der Waals surface area contributed by atoms with Crippen LogP contribution in [0.25, 0.3) is 0 Å². The lowest BCUT2D eigenvalue weighted by Crippen LogP contribution is -2.17. The molecule has 0 aliphatic rings. The van der Waals surface area contributed by atoms with Crippen molar-refractivity contribution in [2.75, 3.05) is 0 Å². The first-order valence-electron chi connectivity index (χ1n) is 5.84. The minimum absolute atomic E-state index is 0.151. The molecule has 0 bridgehead atoms. The van der Waals surface area contributed by atoms with Crippen molar-refractivity contribution in [1.82, 2.24) is 14.8 Å². The Morgan fingerprint density at radius 3 is 3.00 bits per heavy atom. The number of aromatic nitrogens is 3. The van der Waals surface area contributed by atoms with Crippen LogP contribution in [0.2, 0.25) is 0 Å². The van der Waals surface area contributed by atoms with Gasteiger partial charge in [-0.1, -0.05) is 0 Å². The Bertz CT molecular complexity index is 482. The molecule has 0 fully saturated rings. The quantitative estimate of drug-likeness (QED) is 0.755. The molecule has 1 atom stereocenters. The van der Waals surface area contributed by atoms with E-state index in [9.17, 15) is 4.79 Å². The summed E-state index contributed by atoms with van der Waals surface area (Å²) in [5.74, 6) is -0.337. The number of carbonyl (C=O) groups is 1. The average Bonchev–Trinajstić information content (AvgIpc) is 2.90. The summed E-state index contributed by atoms with van der Waals surface area (Å²) in [6.07, 6.45) is 7.32. The van der Waals surface area contributed by atoms with Crippen molar-refractivity contribution in [3.05, 3.63) is 48.5 Å². The highest BCUT2D eigenvalue weighted by Gasteiger charge is 2.11. The Kier molecular flexibility index (Phi) is 4.06. The van der Waals surface area contributed by atoms with Gasteiger partial charge in [-0.2, -0.15) is 5.10 Å². The molecule has 0 saturated carbocycles. The molecule has 2 heterocycles. The standard InChI is InChI=1S/C13H15N3O2/c1-11(5-9-16-8-3-7-15-16)18-13(17)12-4-2-6-14-10-12/h2-4,6-8,10-11H,5,9H2,1H3/t11-/m0/s1. The van der Waals surface area contributed by atoms with Crippen LogP contribution in [-0.2, 0) is 11.3 Å². The number of carbonyl (C=O) groups excluding carboxylic acids is 1. The number of esters is 1. The van der Waals surface area contributed by atoms with Crippen LogP contribution in [-0.4, -0.2) is 26.8 Å². The summed E-state index contributed by atoms with van der Waals surface area (Å²) < 4.78 is 7.13. The third-order valence-corrected chi connectivity index (χ3v) is 2.53. The van der Waals surface area contributed by atoms with Gasteiger partial charge < -0.3 is 4.74 Å². The highest BCUT2D eigenvalue weighted by molar-refractivity contribution is 5.89. The van der Waals surface area contributed by atoms with Crippen LogP contribution in [0.3, 0.4) is 0 Å². The van der Waals surface area contributed by atoms with E-state index in [1.807, 2.05) is 23.9 Å². The van der Waals surface area contributed by atoms with Gasteiger partial charge in [0.25, 0.3) is 0 Å². The summed E-state index contributed by atoms with van der Waals surface area (Å²) in [5.41, 5.74) is 0.475. The van der Waals surface area contributed by atoms with Crippen molar-refractivity contribution in [3.8, 4) is 0 Å². The van der Waals surface area contributed by atoms with Crippen LogP contribution in [0.4, 0.5) is 0 Å². The topological polar surface area (TPSA) is 57.0 Å². The van der Waals surface area contributed by atoms with Gasteiger partial charge in [0.2, 0.25) is 0 Å². The van der Waals surface area contributed by atoms with E-state index < -0.39 is 0 Å². The van der Waals surface area contributed by atoms with Crippen molar-refractivity contribution >= 4 is 5.97 Å². The highest BCUT2D eigenvalue weighted by atomic mass is 16.5. The zero-order chi connectivity index (χ0) is 12.8. The number of rotatable bonds is 5. The van der Waals surface area contributed by atoms with Gasteiger partial charge in [0.05, 0.1) is 5.56 Å². The van der Waals surface area contributed by atoms with Crippen molar-refractivity contribution in [2.24, 2.45) is 0 Å². The molecule has 2 rings (SSSR count). The maximum absolute atomic E-state index is 11.7. The second kappa shape index (κ2) is 5.95. The maximum atomic E-state index is 11.7. The van der Waals surface area contributed by atoms with Crippen LogP contribution in [0.15, 0.2) is 43.0 Å². The molecular formula is C13H15N3O2. The summed E-state index contributed by atoms with van der Waals surface area (Å²) in [5, 5.41) is 4.09. The fourth-order valence-corrected chi connectivity index (χ4v) is 1.54.